The summed E-state index contributed by atoms with van der Waals surface area (Å²) in [5.41, 5.74) is 3.00. The summed E-state index contributed by atoms with van der Waals surface area (Å²) in [5.74, 6) is 0.0834. The van der Waals surface area contributed by atoms with Crippen LogP contribution in [0.2, 0.25) is 0 Å². The average Bonchev–Trinajstić information content (AvgIpc) is 2.39. The van der Waals surface area contributed by atoms with Crippen LogP contribution >= 0.6 is 0 Å². The molecule has 0 saturated heterocycles. The lowest BCUT2D eigenvalue weighted by atomic mass is 9.78. The molecule has 2 nitrogen and oxygen atoms in total. The number of hydrogen-bond donors (Lipinski definition) is 1. The van der Waals surface area contributed by atoms with Gasteiger partial charge in [0, 0.05) is 0 Å². The highest BCUT2D eigenvalue weighted by molar-refractivity contribution is 5.83. The summed E-state index contributed by atoms with van der Waals surface area (Å²) in [6.07, 6.45) is 0.471. The van der Waals surface area contributed by atoms with Crippen LogP contribution in [0.15, 0.2) is 54.6 Å². The molecule has 1 aliphatic rings. The van der Waals surface area contributed by atoms with Gasteiger partial charge in [-0.05, 0) is 23.6 Å². The quantitative estimate of drug-likeness (QED) is 0.811. The van der Waals surface area contributed by atoms with E-state index in [1.165, 1.54) is 5.56 Å². The van der Waals surface area contributed by atoms with Gasteiger partial charge in [-0.1, -0.05) is 54.6 Å². The van der Waals surface area contributed by atoms with Gasteiger partial charge in [-0.3, -0.25) is 4.79 Å². The molecule has 1 heterocycles. The van der Waals surface area contributed by atoms with E-state index in [9.17, 15) is 4.79 Å². The van der Waals surface area contributed by atoms with Crippen molar-refractivity contribution in [1.29, 1.82) is 0 Å². The van der Waals surface area contributed by atoms with Crippen molar-refractivity contribution < 1.29 is 4.79 Å². The molecule has 2 aromatic carbocycles. The van der Waals surface area contributed by atoms with Crippen molar-refractivity contribution in [3.05, 3.63) is 71.3 Å². The smallest absolute Gasteiger partial charge is 0.225 e. The van der Waals surface area contributed by atoms with E-state index in [4.69, 9.17) is 0 Å². The van der Waals surface area contributed by atoms with Gasteiger partial charge in [0.15, 0.2) is 0 Å². The lowest BCUT2D eigenvalue weighted by Crippen LogP contribution is -2.49. The van der Waals surface area contributed by atoms with Crippen molar-refractivity contribution in [3.8, 4) is 0 Å². The van der Waals surface area contributed by atoms with Gasteiger partial charge < -0.3 is 5.32 Å². The summed E-state index contributed by atoms with van der Waals surface area (Å²) in [5, 5.41) is 3.13. The first-order chi connectivity index (χ1) is 8.70. The number of nitrogens with one attached hydrogen (secondary N) is 1. The minimum atomic E-state index is -0.423. The van der Waals surface area contributed by atoms with E-state index in [0.29, 0.717) is 6.42 Å². The van der Waals surface area contributed by atoms with Crippen LogP contribution in [0, 0.1) is 0 Å². The molecule has 1 N–H and O–H groups in total. The van der Waals surface area contributed by atoms with Crippen LogP contribution in [0.5, 0.6) is 0 Å². The van der Waals surface area contributed by atoms with Gasteiger partial charge in [0.25, 0.3) is 0 Å². The van der Waals surface area contributed by atoms with Gasteiger partial charge in [0.2, 0.25) is 5.91 Å². The standard InChI is InChI=1S/C16H15NO/c1-16(13-8-3-2-4-9-13)14-10-6-5-7-12(14)11-15(18)17-16/h2-10H,11H2,1H3,(H,17,18). The normalized spacial score (nSPS) is 22.2. The van der Waals surface area contributed by atoms with Crippen molar-refractivity contribution >= 4 is 5.91 Å². The zero-order chi connectivity index (χ0) is 12.6. The Balaban J connectivity index is 2.21. The van der Waals surface area contributed by atoms with E-state index >= 15 is 0 Å². The summed E-state index contributed by atoms with van der Waals surface area (Å²) >= 11 is 0. The minimum Gasteiger partial charge on any atom is -0.342 e. The maximum absolute atomic E-state index is 11.9. The summed E-state index contributed by atoms with van der Waals surface area (Å²) < 4.78 is 0. The third-order valence-electron chi connectivity index (χ3n) is 3.65. The molecule has 1 unspecified atom stereocenters. The Labute approximate surface area is 107 Å². The highest BCUT2D eigenvalue weighted by Gasteiger charge is 2.36. The maximum Gasteiger partial charge on any atom is 0.225 e. The van der Waals surface area contributed by atoms with E-state index in [1.54, 1.807) is 0 Å². The van der Waals surface area contributed by atoms with Gasteiger partial charge >= 0.3 is 0 Å². The Morgan fingerprint density at radius 1 is 1.00 bits per heavy atom. The molecule has 0 radical (unpaired) electrons. The summed E-state index contributed by atoms with van der Waals surface area (Å²) in [7, 11) is 0. The predicted octanol–water partition coefficient (Wildman–Crippen LogP) is 2.62. The molecule has 1 aliphatic heterocycles. The van der Waals surface area contributed by atoms with Crippen molar-refractivity contribution in [2.45, 2.75) is 18.9 Å². The zero-order valence-electron chi connectivity index (χ0n) is 10.3. The van der Waals surface area contributed by atoms with Crippen LogP contribution in [-0.4, -0.2) is 5.91 Å². The number of carbonyl (C=O) groups is 1. The van der Waals surface area contributed by atoms with Crippen molar-refractivity contribution in [3.63, 3.8) is 0 Å². The van der Waals surface area contributed by atoms with Crippen LogP contribution in [0.3, 0.4) is 0 Å². The van der Waals surface area contributed by atoms with E-state index in [1.807, 2.05) is 36.4 Å². The monoisotopic (exact) mass is 237 g/mol. The minimum absolute atomic E-state index is 0.0834. The molecular weight excluding hydrogens is 222 g/mol. The van der Waals surface area contributed by atoms with Crippen LogP contribution in [0.1, 0.15) is 23.6 Å². The Morgan fingerprint density at radius 3 is 2.44 bits per heavy atom. The molecule has 2 aromatic rings. The third kappa shape index (κ3) is 1.61. The molecule has 0 spiro atoms. The highest BCUT2D eigenvalue weighted by atomic mass is 16.1. The Kier molecular flexibility index (Phi) is 2.44. The van der Waals surface area contributed by atoms with Gasteiger partial charge in [0.05, 0.1) is 12.0 Å². The first-order valence-corrected chi connectivity index (χ1v) is 6.15. The molecule has 2 heteroatoms. The van der Waals surface area contributed by atoms with Gasteiger partial charge in [-0.15, -0.1) is 0 Å². The van der Waals surface area contributed by atoms with Crippen LogP contribution in [0.4, 0.5) is 0 Å². The number of fused-ring (bicyclic) bond motifs is 1. The molecule has 0 aliphatic carbocycles. The Hall–Kier alpha value is -2.09. The summed E-state index contributed by atoms with van der Waals surface area (Å²) in [6.45, 7) is 2.07. The fraction of sp³-hybridized carbons (Fsp3) is 0.188. The van der Waals surface area contributed by atoms with E-state index in [2.05, 4.69) is 30.4 Å². The van der Waals surface area contributed by atoms with Crippen LogP contribution in [0.25, 0.3) is 0 Å². The van der Waals surface area contributed by atoms with Gasteiger partial charge in [0.1, 0.15) is 0 Å². The number of rotatable bonds is 1. The first kappa shape index (κ1) is 11.0. The molecule has 1 atom stereocenters. The highest BCUT2D eigenvalue weighted by Crippen LogP contribution is 2.34. The summed E-state index contributed by atoms with van der Waals surface area (Å²) in [4.78, 5) is 11.9. The number of amides is 1. The summed E-state index contributed by atoms with van der Waals surface area (Å²) in [6, 6.07) is 18.3. The molecule has 0 fully saturated rings. The largest absolute Gasteiger partial charge is 0.342 e. The lowest BCUT2D eigenvalue weighted by molar-refractivity contribution is -0.122. The maximum atomic E-state index is 11.9. The first-order valence-electron chi connectivity index (χ1n) is 6.15. The molecule has 0 saturated carbocycles. The van der Waals surface area contributed by atoms with Crippen molar-refractivity contribution in [2.75, 3.05) is 0 Å². The van der Waals surface area contributed by atoms with Crippen LogP contribution in [-0.2, 0) is 16.8 Å². The molecule has 90 valence electrons. The molecular formula is C16H15NO. The van der Waals surface area contributed by atoms with Crippen molar-refractivity contribution in [2.24, 2.45) is 0 Å². The second kappa shape index (κ2) is 3.98. The Morgan fingerprint density at radius 2 is 1.67 bits per heavy atom. The topological polar surface area (TPSA) is 29.1 Å². The number of benzene rings is 2. The molecule has 3 rings (SSSR count). The zero-order valence-corrected chi connectivity index (χ0v) is 10.3. The molecule has 0 aromatic heterocycles. The van der Waals surface area contributed by atoms with Gasteiger partial charge in [-0.2, -0.15) is 0 Å². The average molecular weight is 237 g/mol. The molecule has 1 amide bonds. The number of carbonyl (C=O) groups excluding carboxylic acids is 1. The third-order valence-corrected chi connectivity index (χ3v) is 3.65. The van der Waals surface area contributed by atoms with Gasteiger partial charge in [-0.25, -0.2) is 0 Å². The van der Waals surface area contributed by atoms with E-state index in [-0.39, 0.29) is 5.91 Å². The van der Waals surface area contributed by atoms with E-state index in [0.717, 1.165) is 11.1 Å². The molecule has 18 heavy (non-hydrogen) atoms. The SMILES string of the molecule is CC1(c2ccccc2)NC(=O)Cc2ccccc21. The fourth-order valence-corrected chi connectivity index (χ4v) is 2.72. The number of hydrogen-bond acceptors (Lipinski definition) is 1. The fourth-order valence-electron chi connectivity index (χ4n) is 2.72. The van der Waals surface area contributed by atoms with Crippen LogP contribution < -0.4 is 5.32 Å². The van der Waals surface area contributed by atoms with E-state index < -0.39 is 5.54 Å². The Bertz CT molecular complexity index is 591. The second-order valence-electron chi connectivity index (χ2n) is 4.87. The predicted molar refractivity (Wildman–Crippen MR) is 71.2 cm³/mol. The lowest BCUT2D eigenvalue weighted by Gasteiger charge is -2.37. The second-order valence-corrected chi connectivity index (χ2v) is 4.87. The molecule has 0 bridgehead atoms. The van der Waals surface area contributed by atoms with Crippen molar-refractivity contribution in [1.82, 2.24) is 5.32 Å².